The van der Waals surface area contributed by atoms with Crippen LogP contribution in [-0.4, -0.2) is 152 Å². The van der Waals surface area contributed by atoms with E-state index in [4.69, 9.17) is 61.6 Å². The lowest BCUT2D eigenvalue weighted by molar-refractivity contribution is -0.375. The van der Waals surface area contributed by atoms with Gasteiger partial charge in [-0.05, 0) is 78.7 Å². The van der Waals surface area contributed by atoms with E-state index in [1.165, 1.54) is 73.7 Å². The molecular formula is C70H68O20. The maximum atomic E-state index is 14.7. The average molecular weight is 1230 g/mol. The highest BCUT2D eigenvalue weighted by Crippen LogP contribution is 2.38. The molecule has 7 aromatic rings. The Morgan fingerprint density at radius 1 is 0.411 bits per heavy atom. The number of hydrogen-bond donors (Lipinski definition) is 2. The van der Waals surface area contributed by atoms with Gasteiger partial charge in [0.15, 0.2) is 43.3 Å². The molecule has 20 heteroatoms. The predicted octanol–water partition coefficient (Wildman–Crippen LogP) is 8.44. The van der Waals surface area contributed by atoms with Crippen molar-refractivity contribution in [1.29, 1.82) is 0 Å². The molecule has 20 nitrogen and oxygen atoms in total. The van der Waals surface area contributed by atoms with Gasteiger partial charge in [-0.3, -0.25) is 0 Å². The number of aliphatic hydroxyl groups is 2. The van der Waals surface area contributed by atoms with Crippen molar-refractivity contribution in [3.8, 4) is 0 Å². The SMILES string of the molecule is C=CCO[C@@H]1[C@H](O)[C@@H](O[C@@H]2[C@@H](OC(=O)c3ccccc3)[C@@H](OC(=O)c3ccccc3)[C@H](O[C@@H]3[C@@H](OC(=O)c4ccccc4)[C@H](O)O[C@H](COC(=O)c4ccccc4)[C@@H]3OC(=O)c3ccccc3)O[C@H]2C)O[C@H](COCc2ccccc2)[C@H]1OCc1ccccc1. The molecule has 3 aliphatic heterocycles. The normalized spacial score (nSPS) is 26.4. The van der Waals surface area contributed by atoms with Crippen LogP contribution in [0.2, 0.25) is 0 Å². The van der Waals surface area contributed by atoms with E-state index < -0.39 is 129 Å². The molecule has 3 aliphatic rings. The van der Waals surface area contributed by atoms with Crippen molar-refractivity contribution in [2.75, 3.05) is 19.8 Å². The highest BCUT2D eigenvalue weighted by atomic mass is 16.8. The van der Waals surface area contributed by atoms with Gasteiger partial charge < -0.3 is 71.8 Å². The topological polar surface area (TPSA) is 246 Å². The third-order valence-electron chi connectivity index (χ3n) is 15.0. The largest absolute Gasteiger partial charge is 0.459 e. The number of aliphatic hydroxyl groups excluding tert-OH is 2. The number of carbonyl (C=O) groups is 5. The first-order valence-corrected chi connectivity index (χ1v) is 29.3. The van der Waals surface area contributed by atoms with Gasteiger partial charge in [-0.2, -0.15) is 0 Å². The van der Waals surface area contributed by atoms with Crippen LogP contribution in [0.25, 0.3) is 0 Å². The van der Waals surface area contributed by atoms with Crippen molar-refractivity contribution in [2.45, 2.75) is 112 Å². The first-order valence-electron chi connectivity index (χ1n) is 29.3. The number of rotatable bonds is 25. The van der Waals surface area contributed by atoms with Crippen LogP contribution in [0.15, 0.2) is 225 Å². The fraction of sp³-hybridized carbons (Fsp3) is 0.300. The Balaban J connectivity index is 1.05. The van der Waals surface area contributed by atoms with Crippen molar-refractivity contribution >= 4 is 29.8 Å². The first kappa shape index (κ1) is 64.2. The Bertz CT molecular complexity index is 3400. The zero-order valence-corrected chi connectivity index (χ0v) is 48.9. The molecule has 7 aromatic carbocycles. The van der Waals surface area contributed by atoms with Crippen LogP contribution in [0.4, 0.5) is 0 Å². The van der Waals surface area contributed by atoms with Crippen LogP contribution in [0.1, 0.15) is 69.8 Å². The summed E-state index contributed by atoms with van der Waals surface area (Å²) in [7, 11) is 0. The minimum absolute atomic E-state index is 0.0275. The summed E-state index contributed by atoms with van der Waals surface area (Å²) in [4.78, 5) is 71.5. The number of ether oxygens (including phenoxy) is 13. The van der Waals surface area contributed by atoms with Gasteiger partial charge in [-0.25, -0.2) is 24.0 Å². The van der Waals surface area contributed by atoms with E-state index in [1.807, 2.05) is 60.7 Å². The summed E-state index contributed by atoms with van der Waals surface area (Å²) in [5.41, 5.74) is 2.01. The summed E-state index contributed by atoms with van der Waals surface area (Å²) in [6, 6.07) is 58.1. The minimum atomic E-state index is -2.12. The highest BCUT2D eigenvalue weighted by Gasteiger charge is 2.58. The molecule has 3 saturated heterocycles. The van der Waals surface area contributed by atoms with E-state index in [0.29, 0.717) is 0 Å². The maximum absolute atomic E-state index is 14.7. The van der Waals surface area contributed by atoms with Gasteiger partial charge in [0.05, 0.1) is 60.3 Å². The van der Waals surface area contributed by atoms with Crippen LogP contribution < -0.4 is 0 Å². The molecule has 15 atom stereocenters. The molecule has 3 heterocycles. The molecule has 0 spiro atoms. The quantitative estimate of drug-likeness (QED) is 0.0310. The molecule has 0 radical (unpaired) electrons. The fourth-order valence-corrected chi connectivity index (χ4v) is 10.5. The lowest BCUT2D eigenvalue weighted by Crippen LogP contribution is -2.68. The number of carbonyl (C=O) groups excluding carboxylic acids is 5. The van der Waals surface area contributed by atoms with Crippen LogP contribution in [0.3, 0.4) is 0 Å². The zero-order valence-electron chi connectivity index (χ0n) is 48.9. The molecule has 3 fully saturated rings. The molecule has 0 aliphatic carbocycles. The number of esters is 5. The molecule has 0 aromatic heterocycles. The second-order valence-electron chi connectivity index (χ2n) is 21.3. The van der Waals surface area contributed by atoms with Gasteiger partial charge >= 0.3 is 29.8 Å². The van der Waals surface area contributed by atoms with Crippen LogP contribution in [-0.2, 0) is 74.8 Å². The van der Waals surface area contributed by atoms with Crippen LogP contribution >= 0.6 is 0 Å². The molecule has 0 bridgehead atoms. The Labute approximate surface area is 519 Å². The number of hydrogen-bond acceptors (Lipinski definition) is 20. The molecule has 0 unspecified atom stereocenters. The third-order valence-corrected chi connectivity index (χ3v) is 15.0. The maximum Gasteiger partial charge on any atom is 0.338 e. The van der Waals surface area contributed by atoms with E-state index in [2.05, 4.69) is 6.58 Å². The Kier molecular flexibility index (Phi) is 22.6. The van der Waals surface area contributed by atoms with Crippen LogP contribution in [0.5, 0.6) is 0 Å². The second kappa shape index (κ2) is 31.6. The number of benzene rings is 7. The summed E-state index contributed by atoms with van der Waals surface area (Å²) in [5.74, 6) is -4.66. The lowest BCUT2D eigenvalue weighted by atomic mass is 9.95. The van der Waals surface area contributed by atoms with Crippen molar-refractivity contribution in [2.24, 2.45) is 0 Å². The summed E-state index contributed by atoms with van der Waals surface area (Å²) in [6.45, 7) is 4.77. The van der Waals surface area contributed by atoms with E-state index in [0.717, 1.165) is 11.1 Å². The molecule has 0 saturated carbocycles. The molecule has 90 heavy (non-hydrogen) atoms. The second-order valence-corrected chi connectivity index (χ2v) is 21.3. The van der Waals surface area contributed by atoms with Crippen molar-refractivity contribution in [3.05, 3.63) is 264 Å². The fourth-order valence-electron chi connectivity index (χ4n) is 10.5. The van der Waals surface area contributed by atoms with Crippen molar-refractivity contribution < 1.29 is 95.8 Å². The standard InChI is InChI=1S/C70H68O20/c1-3-39-79-58-54(71)69(84-52(42-78-40-45-25-11-4-12-26-45)56(58)80-41-46-27-13-5-14-28-46)89-55-44(2)82-70(62(88-67(76)51-37-23-10-24-38-51)59(55)86-65(74)49-33-19-8-20-34-49)90-60-57(85-64(73)48-31-17-7-18-32-48)53(43-81-63(72)47-29-15-6-16-30-47)83-68(77)61(60)87-66(75)50-35-21-9-22-36-50/h3-38,44,52-62,68-71,77H,1,39-43H2,2H3/t44-,52+,53+,54-,55-,56+,57-,58+,59+,60-,61+,62+,68+,69+,70-/m0/s1. The minimum Gasteiger partial charge on any atom is -0.459 e. The van der Waals surface area contributed by atoms with Gasteiger partial charge in [0.1, 0.15) is 49.3 Å². The Morgan fingerprint density at radius 2 is 0.822 bits per heavy atom. The summed E-state index contributed by atoms with van der Waals surface area (Å²) in [5, 5.41) is 24.7. The highest BCUT2D eigenvalue weighted by molar-refractivity contribution is 5.92. The summed E-state index contributed by atoms with van der Waals surface area (Å²) in [6.07, 6.45) is -22.8. The average Bonchev–Trinajstić information content (AvgIpc) is 0.948. The summed E-state index contributed by atoms with van der Waals surface area (Å²) < 4.78 is 83.4. The van der Waals surface area contributed by atoms with Gasteiger partial charge in [0.25, 0.3) is 0 Å². The third kappa shape index (κ3) is 16.5. The van der Waals surface area contributed by atoms with Gasteiger partial charge in [0.2, 0.25) is 0 Å². The van der Waals surface area contributed by atoms with Gasteiger partial charge in [-0.15, -0.1) is 6.58 Å². The molecule has 10 rings (SSSR count). The summed E-state index contributed by atoms with van der Waals surface area (Å²) >= 11 is 0. The molecule has 468 valence electrons. The van der Waals surface area contributed by atoms with E-state index in [9.17, 15) is 34.2 Å². The molecular weight excluding hydrogens is 1160 g/mol. The first-order chi connectivity index (χ1) is 43.9. The molecule has 2 N–H and O–H groups in total. The van der Waals surface area contributed by atoms with Crippen molar-refractivity contribution in [3.63, 3.8) is 0 Å². The molecule has 0 amide bonds. The monoisotopic (exact) mass is 1230 g/mol. The van der Waals surface area contributed by atoms with Crippen LogP contribution in [0, 0.1) is 0 Å². The van der Waals surface area contributed by atoms with Gasteiger partial charge in [0, 0.05) is 0 Å². The Hall–Kier alpha value is -8.77. The Morgan fingerprint density at radius 3 is 1.31 bits per heavy atom. The smallest absolute Gasteiger partial charge is 0.338 e. The van der Waals surface area contributed by atoms with Gasteiger partial charge in [-0.1, -0.05) is 158 Å². The zero-order chi connectivity index (χ0) is 62.8. The van der Waals surface area contributed by atoms with Crippen molar-refractivity contribution in [1.82, 2.24) is 0 Å². The van der Waals surface area contributed by atoms with E-state index >= 15 is 0 Å². The van der Waals surface area contributed by atoms with E-state index in [1.54, 1.807) is 91.0 Å². The predicted molar refractivity (Wildman–Crippen MR) is 320 cm³/mol. The lowest BCUT2D eigenvalue weighted by Gasteiger charge is -2.50. The van der Waals surface area contributed by atoms with E-state index in [-0.39, 0.29) is 54.2 Å².